The quantitative estimate of drug-likeness (QED) is 0.704. The number of aliphatic hydroxyl groups is 1. The van der Waals surface area contributed by atoms with E-state index < -0.39 is 11.9 Å². The molecule has 0 heterocycles. The van der Waals surface area contributed by atoms with Crippen LogP contribution < -0.4 is 0 Å². The molecule has 0 aliphatic rings. The lowest BCUT2D eigenvalue weighted by atomic mass is 10.1. The highest BCUT2D eigenvalue weighted by molar-refractivity contribution is 6.42. The van der Waals surface area contributed by atoms with E-state index in [2.05, 4.69) is 0 Å². The summed E-state index contributed by atoms with van der Waals surface area (Å²) in [4.78, 5) is 0. The van der Waals surface area contributed by atoms with Crippen molar-refractivity contribution in [2.45, 2.75) is 13.0 Å². The first kappa shape index (κ1) is 9.78. The normalized spacial score (nSPS) is 13.1. The monoisotopic (exact) mass is 208 g/mol. The van der Waals surface area contributed by atoms with Crippen LogP contribution >= 0.6 is 23.2 Å². The van der Waals surface area contributed by atoms with Gasteiger partial charge in [0.25, 0.3) is 0 Å². The molecule has 1 nitrogen and oxygen atoms in total. The Kier molecular flexibility index (Phi) is 2.94. The maximum Gasteiger partial charge on any atom is 0.130 e. The van der Waals surface area contributed by atoms with Crippen LogP contribution in [0.2, 0.25) is 10.0 Å². The lowest BCUT2D eigenvalue weighted by molar-refractivity contribution is 0.194. The van der Waals surface area contributed by atoms with E-state index in [9.17, 15) is 4.39 Å². The maximum atomic E-state index is 13.0. The summed E-state index contributed by atoms with van der Waals surface area (Å²) in [6, 6.07) is 2.41. The second kappa shape index (κ2) is 3.60. The number of aliphatic hydroxyl groups excluding tert-OH is 1. The minimum absolute atomic E-state index is 0.151. The Morgan fingerprint density at radius 1 is 1.33 bits per heavy atom. The van der Waals surface area contributed by atoms with Crippen molar-refractivity contribution in [1.82, 2.24) is 0 Å². The van der Waals surface area contributed by atoms with E-state index in [0.29, 0.717) is 0 Å². The molecule has 1 N–H and O–H groups in total. The first-order chi connectivity index (χ1) is 5.52. The van der Waals surface area contributed by atoms with Gasteiger partial charge < -0.3 is 5.11 Å². The number of hydrogen-bond acceptors (Lipinski definition) is 1. The Bertz CT molecular complexity index is 299. The molecule has 0 saturated carbocycles. The second-order valence-electron chi connectivity index (χ2n) is 2.46. The van der Waals surface area contributed by atoms with Crippen molar-refractivity contribution in [3.05, 3.63) is 33.6 Å². The highest BCUT2D eigenvalue weighted by atomic mass is 35.5. The van der Waals surface area contributed by atoms with Crippen LogP contribution in [0.25, 0.3) is 0 Å². The van der Waals surface area contributed by atoms with Crippen molar-refractivity contribution >= 4 is 23.2 Å². The fourth-order valence-corrected chi connectivity index (χ4v) is 1.18. The van der Waals surface area contributed by atoms with E-state index in [1.807, 2.05) is 0 Å². The van der Waals surface area contributed by atoms with Crippen molar-refractivity contribution in [3.63, 3.8) is 0 Å². The molecule has 1 atom stereocenters. The molecule has 66 valence electrons. The third kappa shape index (κ3) is 1.89. The van der Waals surface area contributed by atoms with E-state index in [4.69, 9.17) is 28.3 Å². The van der Waals surface area contributed by atoms with Gasteiger partial charge in [-0.3, -0.25) is 0 Å². The minimum atomic E-state index is -0.875. The summed E-state index contributed by atoms with van der Waals surface area (Å²) in [6.45, 7) is 1.46. The molecule has 0 fully saturated rings. The second-order valence-corrected chi connectivity index (χ2v) is 3.28. The highest BCUT2D eigenvalue weighted by Crippen LogP contribution is 2.27. The molecular weight excluding hydrogens is 202 g/mol. The van der Waals surface area contributed by atoms with E-state index in [1.54, 1.807) is 0 Å². The first-order valence-electron chi connectivity index (χ1n) is 3.35. The lowest BCUT2D eigenvalue weighted by Crippen LogP contribution is -1.95. The highest BCUT2D eigenvalue weighted by Gasteiger charge is 2.10. The molecule has 0 saturated heterocycles. The summed E-state index contributed by atoms with van der Waals surface area (Å²) >= 11 is 11.2. The van der Waals surface area contributed by atoms with Crippen LogP contribution in [0.5, 0.6) is 0 Å². The van der Waals surface area contributed by atoms with Crippen molar-refractivity contribution in [2.75, 3.05) is 0 Å². The predicted octanol–water partition coefficient (Wildman–Crippen LogP) is 3.19. The average molecular weight is 209 g/mol. The number of halogens is 3. The molecule has 4 heteroatoms. The van der Waals surface area contributed by atoms with Gasteiger partial charge >= 0.3 is 0 Å². The van der Waals surface area contributed by atoms with Crippen LogP contribution in [0.1, 0.15) is 18.6 Å². The lowest BCUT2D eigenvalue weighted by Gasteiger charge is -2.07. The van der Waals surface area contributed by atoms with Crippen molar-refractivity contribution in [2.24, 2.45) is 0 Å². The summed E-state index contributed by atoms with van der Waals surface area (Å²) < 4.78 is 13.0. The van der Waals surface area contributed by atoms with Crippen molar-refractivity contribution in [1.29, 1.82) is 0 Å². The SMILES string of the molecule is CC(O)c1cc(Cl)c(Cl)cc1F. The largest absolute Gasteiger partial charge is 0.389 e. The van der Waals surface area contributed by atoms with Crippen LogP contribution in [0.4, 0.5) is 4.39 Å². The maximum absolute atomic E-state index is 13.0. The predicted molar refractivity (Wildman–Crippen MR) is 47.1 cm³/mol. The standard InChI is InChI=1S/C8H7Cl2FO/c1-4(12)5-2-6(9)7(10)3-8(5)11/h2-4,12H,1H3. The van der Waals surface area contributed by atoms with Gasteiger partial charge in [-0.05, 0) is 19.1 Å². The van der Waals surface area contributed by atoms with Gasteiger partial charge in [0, 0.05) is 5.56 Å². The Morgan fingerprint density at radius 2 is 1.83 bits per heavy atom. The smallest absolute Gasteiger partial charge is 0.130 e. The molecular formula is C8H7Cl2FO. The van der Waals surface area contributed by atoms with Gasteiger partial charge in [0.15, 0.2) is 0 Å². The Balaban J connectivity index is 3.23. The summed E-state index contributed by atoms with van der Waals surface area (Å²) in [5.74, 6) is -0.542. The Labute approximate surface area is 79.7 Å². The molecule has 0 aliphatic heterocycles. The van der Waals surface area contributed by atoms with E-state index in [1.165, 1.54) is 13.0 Å². The van der Waals surface area contributed by atoms with Gasteiger partial charge in [-0.25, -0.2) is 4.39 Å². The van der Waals surface area contributed by atoms with Gasteiger partial charge in [-0.1, -0.05) is 23.2 Å². The van der Waals surface area contributed by atoms with E-state index >= 15 is 0 Å². The number of hydrogen-bond donors (Lipinski definition) is 1. The topological polar surface area (TPSA) is 20.2 Å². The molecule has 0 spiro atoms. The van der Waals surface area contributed by atoms with Crippen molar-refractivity contribution < 1.29 is 9.50 Å². The summed E-state index contributed by atoms with van der Waals surface area (Å²) in [5.41, 5.74) is 0.157. The number of rotatable bonds is 1. The summed E-state index contributed by atoms with van der Waals surface area (Å²) in [7, 11) is 0. The molecule has 1 aromatic carbocycles. The first-order valence-corrected chi connectivity index (χ1v) is 4.10. The van der Waals surface area contributed by atoms with E-state index in [0.717, 1.165) is 6.07 Å². The molecule has 1 unspecified atom stereocenters. The van der Waals surface area contributed by atoms with Crippen LogP contribution in [-0.2, 0) is 0 Å². The molecule has 0 radical (unpaired) electrons. The molecule has 1 aromatic rings. The third-order valence-electron chi connectivity index (χ3n) is 1.49. The average Bonchev–Trinajstić information content (AvgIpc) is 1.96. The summed E-state index contributed by atoms with van der Waals surface area (Å²) in [6.07, 6.45) is -0.875. The van der Waals surface area contributed by atoms with E-state index in [-0.39, 0.29) is 15.6 Å². The van der Waals surface area contributed by atoms with Crippen molar-refractivity contribution in [3.8, 4) is 0 Å². The van der Waals surface area contributed by atoms with Crippen LogP contribution in [0.3, 0.4) is 0 Å². The molecule has 0 aromatic heterocycles. The molecule has 12 heavy (non-hydrogen) atoms. The molecule has 0 amide bonds. The zero-order valence-corrected chi connectivity index (χ0v) is 7.83. The zero-order valence-electron chi connectivity index (χ0n) is 6.31. The fourth-order valence-electron chi connectivity index (χ4n) is 0.858. The number of benzene rings is 1. The summed E-state index contributed by atoms with van der Waals surface area (Å²) in [5, 5.41) is 9.47. The van der Waals surface area contributed by atoms with Crippen LogP contribution in [0, 0.1) is 5.82 Å². The Morgan fingerprint density at radius 3 is 2.33 bits per heavy atom. The minimum Gasteiger partial charge on any atom is -0.389 e. The van der Waals surface area contributed by atoms with Gasteiger partial charge in [0.1, 0.15) is 5.82 Å². The third-order valence-corrected chi connectivity index (χ3v) is 2.21. The van der Waals surface area contributed by atoms with Gasteiger partial charge in [-0.15, -0.1) is 0 Å². The van der Waals surface area contributed by atoms with Crippen LogP contribution in [-0.4, -0.2) is 5.11 Å². The zero-order chi connectivity index (χ0) is 9.30. The van der Waals surface area contributed by atoms with Crippen LogP contribution in [0.15, 0.2) is 12.1 Å². The molecule has 0 aliphatic carbocycles. The molecule has 0 bridgehead atoms. The van der Waals surface area contributed by atoms with Gasteiger partial charge in [0.05, 0.1) is 16.1 Å². The molecule has 1 rings (SSSR count). The Hall–Kier alpha value is -0.310. The fraction of sp³-hybridized carbons (Fsp3) is 0.250. The van der Waals surface area contributed by atoms with Gasteiger partial charge in [0.2, 0.25) is 0 Å². The van der Waals surface area contributed by atoms with Gasteiger partial charge in [-0.2, -0.15) is 0 Å².